The molecule has 1 saturated heterocycles. The summed E-state index contributed by atoms with van der Waals surface area (Å²) in [5.41, 5.74) is 2.33. The Kier molecular flexibility index (Phi) is 5.51. The Balaban J connectivity index is 1.51. The molecule has 0 saturated carbocycles. The normalized spacial score (nSPS) is 17.4. The zero-order valence-corrected chi connectivity index (χ0v) is 14.6. The van der Waals surface area contributed by atoms with E-state index in [1.165, 1.54) is 5.56 Å². The number of rotatable bonds is 6. The van der Waals surface area contributed by atoms with Crippen molar-refractivity contribution in [3.63, 3.8) is 0 Å². The molecule has 24 heavy (non-hydrogen) atoms. The predicted octanol–water partition coefficient (Wildman–Crippen LogP) is 3.59. The van der Waals surface area contributed by atoms with Crippen LogP contribution in [0.25, 0.3) is 0 Å². The number of pyridine rings is 1. The topological polar surface area (TPSA) is 59.2 Å². The van der Waals surface area contributed by atoms with Crippen LogP contribution in [0.1, 0.15) is 42.7 Å². The number of halogens is 1. The van der Waals surface area contributed by atoms with Gasteiger partial charge in [0.2, 0.25) is 5.91 Å². The average Bonchev–Trinajstić information content (AvgIpc) is 3.19. The number of carbonyl (C=O) groups excluding carboxylic acids is 1. The van der Waals surface area contributed by atoms with Crippen molar-refractivity contribution in [1.82, 2.24) is 15.0 Å². The predicted molar refractivity (Wildman–Crippen MR) is 91.9 cm³/mol. The number of nitrogens with zero attached hydrogens (tertiary/aromatic N) is 3. The van der Waals surface area contributed by atoms with Crippen LogP contribution in [0.5, 0.6) is 0 Å². The highest BCUT2D eigenvalue weighted by molar-refractivity contribution is 6.29. The zero-order chi connectivity index (χ0) is 16.9. The van der Waals surface area contributed by atoms with Crippen molar-refractivity contribution in [2.24, 2.45) is 0 Å². The summed E-state index contributed by atoms with van der Waals surface area (Å²) >= 11 is 5.73. The van der Waals surface area contributed by atoms with Crippen molar-refractivity contribution in [2.45, 2.75) is 51.5 Å². The van der Waals surface area contributed by atoms with Crippen molar-refractivity contribution >= 4 is 17.5 Å². The highest BCUT2D eigenvalue weighted by Crippen LogP contribution is 2.23. The maximum atomic E-state index is 12.5. The van der Waals surface area contributed by atoms with Crippen LogP contribution in [0.4, 0.5) is 0 Å². The fraction of sp³-hybridized carbons (Fsp3) is 0.500. The smallest absolute Gasteiger partial charge is 0.223 e. The van der Waals surface area contributed by atoms with E-state index >= 15 is 0 Å². The summed E-state index contributed by atoms with van der Waals surface area (Å²) < 4.78 is 5.06. The van der Waals surface area contributed by atoms with Crippen LogP contribution in [0.15, 0.2) is 28.9 Å². The number of amides is 1. The Morgan fingerprint density at radius 1 is 1.42 bits per heavy atom. The molecule has 1 atom stereocenters. The molecule has 0 spiro atoms. The number of aryl methyl sites for hydroxylation is 3. The fourth-order valence-electron chi connectivity index (χ4n) is 3.34. The molecule has 6 heteroatoms. The van der Waals surface area contributed by atoms with Gasteiger partial charge in [-0.25, -0.2) is 0 Å². The lowest BCUT2D eigenvalue weighted by atomic mass is 10.0. The monoisotopic (exact) mass is 347 g/mol. The number of hydrogen-bond donors (Lipinski definition) is 0. The summed E-state index contributed by atoms with van der Waals surface area (Å²) in [4.78, 5) is 18.8. The lowest BCUT2D eigenvalue weighted by Gasteiger charge is -2.24. The molecular weight excluding hydrogens is 326 g/mol. The molecule has 5 nitrogen and oxygen atoms in total. The second-order valence-corrected chi connectivity index (χ2v) is 6.73. The van der Waals surface area contributed by atoms with Gasteiger partial charge in [-0.3, -0.25) is 9.78 Å². The van der Waals surface area contributed by atoms with E-state index < -0.39 is 0 Å². The molecule has 1 amide bonds. The molecule has 3 heterocycles. The van der Waals surface area contributed by atoms with Gasteiger partial charge in [-0.15, -0.1) is 0 Å². The third-order valence-electron chi connectivity index (χ3n) is 4.54. The molecule has 0 aliphatic carbocycles. The van der Waals surface area contributed by atoms with Gasteiger partial charge >= 0.3 is 0 Å². The second-order valence-electron chi connectivity index (χ2n) is 6.34. The number of aromatic nitrogens is 2. The largest absolute Gasteiger partial charge is 0.360 e. The van der Waals surface area contributed by atoms with Gasteiger partial charge < -0.3 is 9.42 Å². The van der Waals surface area contributed by atoms with Crippen LogP contribution < -0.4 is 0 Å². The maximum absolute atomic E-state index is 12.5. The van der Waals surface area contributed by atoms with Crippen molar-refractivity contribution in [1.29, 1.82) is 0 Å². The number of likely N-dealkylation sites (tertiary alicyclic amines) is 1. The standard InChI is InChI=1S/C18H22ClN3O2/c1-13-11-14(8-9-20-13)4-5-15-3-2-10-22(15)18(23)7-6-16-12-17(19)21-24-16/h8-9,11-12,15H,2-7,10H2,1H3. The van der Waals surface area contributed by atoms with Gasteiger partial charge in [0.25, 0.3) is 0 Å². The van der Waals surface area contributed by atoms with Crippen molar-refractivity contribution in [2.75, 3.05) is 6.54 Å². The molecule has 0 bridgehead atoms. The van der Waals surface area contributed by atoms with Crippen molar-refractivity contribution in [3.8, 4) is 0 Å². The fourth-order valence-corrected chi connectivity index (χ4v) is 3.49. The molecule has 1 unspecified atom stereocenters. The Morgan fingerprint density at radius 3 is 3.04 bits per heavy atom. The van der Waals surface area contributed by atoms with Gasteiger partial charge in [-0.2, -0.15) is 0 Å². The summed E-state index contributed by atoms with van der Waals surface area (Å²) in [5, 5.41) is 3.97. The lowest BCUT2D eigenvalue weighted by molar-refractivity contribution is -0.132. The van der Waals surface area contributed by atoms with E-state index in [0.29, 0.717) is 29.8 Å². The third-order valence-corrected chi connectivity index (χ3v) is 4.72. The van der Waals surface area contributed by atoms with E-state index in [1.807, 2.05) is 18.0 Å². The summed E-state index contributed by atoms with van der Waals surface area (Å²) in [7, 11) is 0. The van der Waals surface area contributed by atoms with Crippen molar-refractivity contribution < 1.29 is 9.32 Å². The molecule has 2 aromatic rings. The third kappa shape index (κ3) is 4.35. The van der Waals surface area contributed by atoms with Gasteiger partial charge in [0.15, 0.2) is 5.15 Å². The van der Waals surface area contributed by atoms with E-state index in [0.717, 1.165) is 37.9 Å². The van der Waals surface area contributed by atoms with E-state index in [1.54, 1.807) is 6.07 Å². The minimum atomic E-state index is 0.191. The van der Waals surface area contributed by atoms with Crippen LogP contribution in [0.3, 0.4) is 0 Å². The van der Waals surface area contributed by atoms with Crippen LogP contribution in [-0.4, -0.2) is 33.5 Å². The summed E-state index contributed by atoms with van der Waals surface area (Å²) in [6.07, 6.45) is 7.00. The van der Waals surface area contributed by atoms with E-state index in [9.17, 15) is 4.79 Å². The highest BCUT2D eigenvalue weighted by atomic mass is 35.5. The molecule has 0 radical (unpaired) electrons. The molecule has 1 fully saturated rings. The first-order valence-electron chi connectivity index (χ1n) is 8.44. The Labute approximate surface area is 147 Å². The molecule has 0 aromatic carbocycles. The quantitative estimate of drug-likeness (QED) is 0.801. The van der Waals surface area contributed by atoms with Crippen LogP contribution in [0.2, 0.25) is 5.15 Å². The van der Waals surface area contributed by atoms with Crippen LogP contribution in [-0.2, 0) is 17.6 Å². The zero-order valence-electron chi connectivity index (χ0n) is 13.9. The number of carbonyl (C=O) groups is 1. The van der Waals surface area contributed by atoms with Gasteiger partial charge in [0, 0.05) is 43.4 Å². The Hall–Kier alpha value is -1.88. The Bertz CT molecular complexity index is 701. The van der Waals surface area contributed by atoms with Gasteiger partial charge in [0.05, 0.1) is 0 Å². The first-order valence-corrected chi connectivity index (χ1v) is 8.82. The van der Waals surface area contributed by atoms with Crippen molar-refractivity contribution in [3.05, 3.63) is 46.6 Å². The van der Waals surface area contributed by atoms with E-state index in [-0.39, 0.29) is 5.91 Å². The maximum Gasteiger partial charge on any atom is 0.223 e. The van der Waals surface area contributed by atoms with Crippen LogP contribution >= 0.6 is 11.6 Å². The first kappa shape index (κ1) is 17.0. The second kappa shape index (κ2) is 7.79. The van der Waals surface area contributed by atoms with Gasteiger partial charge in [0.1, 0.15) is 5.76 Å². The minimum Gasteiger partial charge on any atom is -0.360 e. The molecule has 1 aliphatic heterocycles. The van der Waals surface area contributed by atoms with Gasteiger partial charge in [-0.1, -0.05) is 16.8 Å². The summed E-state index contributed by atoms with van der Waals surface area (Å²) in [6.45, 7) is 2.86. The number of hydrogen-bond acceptors (Lipinski definition) is 4. The molecule has 0 N–H and O–H groups in total. The Morgan fingerprint density at radius 2 is 2.29 bits per heavy atom. The molecule has 128 valence electrons. The molecule has 2 aromatic heterocycles. The summed E-state index contributed by atoms with van der Waals surface area (Å²) in [6, 6.07) is 6.18. The van der Waals surface area contributed by atoms with Crippen LogP contribution in [0, 0.1) is 6.92 Å². The van der Waals surface area contributed by atoms with Gasteiger partial charge in [-0.05, 0) is 50.3 Å². The molecule has 1 aliphatic rings. The molecule has 3 rings (SSSR count). The lowest BCUT2D eigenvalue weighted by Crippen LogP contribution is -2.35. The SMILES string of the molecule is Cc1cc(CCC2CCCN2C(=O)CCc2cc(Cl)no2)ccn1. The van der Waals surface area contributed by atoms with E-state index in [4.69, 9.17) is 16.1 Å². The molecular formula is C18H22ClN3O2. The first-order chi connectivity index (χ1) is 11.6. The minimum absolute atomic E-state index is 0.191. The average molecular weight is 348 g/mol. The highest BCUT2D eigenvalue weighted by Gasteiger charge is 2.28. The van der Waals surface area contributed by atoms with E-state index in [2.05, 4.69) is 22.3 Å². The summed E-state index contributed by atoms with van der Waals surface area (Å²) in [5.74, 6) is 0.854.